The maximum atomic E-state index is 6.14. The van der Waals surface area contributed by atoms with E-state index >= 15 is 0 Å². The zero-order valence-electron chi connectivity index (χ0n) is 17.1. The quantitative estimate of drug-likeness (QED) is 0.314. The Morgan fingerprint density at radius 1 is 1.00 bits per heavy atom. The molecule has 0 aliphatic carbocycles. The van der Waals surface area contributed by atoms with Crippen LogP contribution < -0.4 is 9.47 Å². The number of ether oxygens (including phenoxy) is 2. The summed E-state index contributed by atoms with van der Waals surface area (Å²) in [6.45, 7) is 2.15. The number of hydrogen-bond donors (Lipinski definition) is 1. The fourth-order valence-corrected chi connectivity index (χ4v) is 7.94. The van der Waals surface area contributed by atoms with E-state index in [4.69, 9.17) is 9.47 Å². The number of rotatable bonds is 10. The molecule has 1 aliphatic heterocycles. The Bertz CT molecular complexity index is 728. The molecule has 1 unspecified atom stereocenters. The van der Waals surface area contributed by atoms with Crippen molar-refractivity contribution in [2.45, 2.75) is 29.9 Å². The first-order valence-electron chi connectivity index (χ1n) is 10.1. The van der Waals surface area contributed by atoms with Crippen molar-refractivity contribution in [2.24, 2.45) is 0 Å². The number of hydrogen-bond acceptors (Lipinski definition) is 6. The van der Waals surface area contributed by atoms with Crippen LogP contribution in [-0.2, 0) is 4.08 Å². The predicted molar refractivity (Wildman–Crippen MR) is 136 cm³/mol. The van der Waals surface area contributed by atoms with Crippen LogP contribution in [0.2, 0.25) is 0 Å². The van der Waals surface area contributed by atoms with Crippen molar-refractivity contribution in [2.75, 3.05) is 35.9 Å². The summed E-state index contributed by atoms with van der Waals surface area (Å²) in [7, 11) is 1.72. The summed E-state index contributed by atoms with van der Waals surface area (Å²) in [6, 6.07) is 17.3. The van der Waals surface area contributed by atoms with Gasteiger partial charge in [0.05, 0.1) is 7.11 Å². The van der Waals surface area contributed by atoms with Gasteiger partial charge in [0.15, 0.2) is 0 Å². The molecule has 29 heavy (non-hydrogen) atoms. The molecule has 0 N–H and O–H groups in total. The largest absolute Gasteiger partial charge is 0.497 e. The van der Waals surface area contributed by atoms with Gasteiger partial charge in [0, 0.05) is 5.75 Å². The lowest BCUT2D eigenvalue weighted by atomic mass is 10.0. The number of benzene rings is 2. The third-order valence-electron chi connectivity index (χ3n) is 4.74. The summed E-state index contributed by atoms with van der Waals surface area (Å²) in [5, 5.41) is 0. The normalized spacial score (nSPS) is 16.9. The fraction of sp³-hybridized carbons (Fsp3) is 0.478. The van der Waals surface area contributed by atoms with Crippen LogP contribution in [0, 0.1) is 0 Å². The highest BCUT2D eigenvalue weighted by Crippen LogP contribution is 2.55. The first-order chi connectivity index (χ1) is 14.2. The maximum Gasteiger partial charge on any atom is 0.119 e. The molecular weight excluding hydrogens is 437 g/mol. The Morgan fingerprint density at radius 3 is 2.14 bits per heavy atom. The van der Waals surface area contributed by atoms with Gasteiger partial charge in [0.25, 0.3) is 0 Å². The van der Waals surface area contributed by atoms with Gasteiger partial charge in [-0.25, -0.2) is 0 Å². The number of methoxy groups -OCH3 is 1. The van der Waals surface area contributed by atoms with Crippen LogP contribution in [0.25, 0.3) is 0 Å². The van der Waals surface area contributed by atoms with Crippen molar-refractivity contribution in [3.05, 3.63) is 59.7 Å². The SMILES string of the molecule is COc1ccc(C2(c3ccc(OC(C)CSCCCS)cc3)SCCCS2)cc1. The Kier molecular flexibility index (Phi) is 9.35. The highest BCUT2D eigenvalue weighted by atomic mass is 32.2. The third kappa shape index (κ3) is 6.22. The van der Waals surface area contributed by atoms with Gasteiger partial charge < -0.3 is 9.47 Å². The molecule has 0 amide bonds. The second-order valence-corrected chi connectivity index (χ2v) is 11.5. The smallest absolute Gasteiger partial charge is 0.119 e. The molecule has 0 bridgehead atoms. The van der Waals surface area contributed by atoms with E-state index in [2.05, 4.69) is 68.1 Å². The van der Waals surface area contributed by atoms with Crippen molar-refractivity contribution in [1.29, 1.82) is 0 Å². The Hall–Kier alpha value is -0.560. The molecule has 1 saturated heterocycles. The van der Waals surface area contributed by atoms with Gasteiger partial charge in [0.2, 0.25) is 0 Å². The van der Waals surface area contributed by atoms with E-state index in [9.17, 15) is 0 Å². The molecule has 158 valence electrons. The van der Waals surface area contributed by atoms with Crippen LogP contribution in [0.4, 0.5) is 0 Å². The van der Waals surface area contributed by atoms with Crippen LogP contribution in [0.3, 0.4) is 0 Å². The molecule has 1 atom stereocenters. The van der Waals surface area contributed by atoms with E-state index in [0.29, 0.717) is 0 Å². The molecule has 0 saturated carbocycles. The lowest BCUT2D eigenvalue weighted by Crippen LogP contribution is -2.24. The van der Waals surface area contributed by atoms with Crippen LogP contribution in [-0.4, -0.2) is 42.0 Å². The van der Waals surface area contributed by atoms with Crippen LogP contribution >= 0.6 is 47.9 Å². The predicted octanol–water partition coefficient (Wildman–Crippen LogP) is 6.59. The van der Waals surface area contributed by atoms with Gasteiger partial charge in [-0.15, -0.1) is 23.5 Å². The first-order valence-corrected chi connectivity index (χ1v) is 13.8. The van der Waals surface area contributed by atoms with E-state index < -0.39 is 0 Å². The van der Waals surface area contributed by atoms with Crippen LogP contribution in [0.15, 0.2) is 48.5 Å². The Balaban J connectivity index is 1.72. The molecular formula is C23H30O2S4. The van der Waals surface area contributed by atoms with Crippen molar-refractivity contribution in [3.8, 4) is 11.5 Å². The Morgan fingerprint density at radius 2 is 1.59 bits per heavy atom. The number of thiol groups is 1. The minimum atomic E-state index is -0.0582. The molecule has 0 spiro atoms. The van der Waals surface area contributed by atoms with E-state index in [1.165, 1.54) is 29.1 Å². The van der Waals surface area contributed by atoms with Crippen LogP contribution in [0.1, 0.15) is 30.9 Å². The average Bonchev–Trinajstić information content (AvgIpc) is 2.78. The molecule has 1 aliphatic rings. The van der Waals surface area contributed by atoms with E-state index in [1.54, 1.807) is 7.11 Å². The molecule has 2 nitrogen and oxygen atoms in total. The minimum Gasteiger partial charge on any atom is -0.497 e. The average molecular weight is 467 g/mol. The third-order valence-corrected chi connectivity index (χ3v) is 9.79. The van der Waals surface area contributed by atoms with E-state index in [0.717, 1.165) is 35.2 Å². The lowest BCUT2D eigenvalue weighted by Gasteiger charge is -2.37. The van der Waals surface area contributed by atoms with Crippen molar-refractivity contribution < 1.29 is 9.47 Å². The van der Waals surface area contributed by atoms with E-state index in [1.807, 2.05) is 35.3 Å². The monoisotopic (exact) mass is 466 g/mol. The van der Waals surface area contributed by atoms with Gasteiger partial charge in [-0.1, -0.05) is 24.3 Å². The molecule has 3 rings (SSSR count). The fourth-order valence-electron chi connectivity index (χ4n) is 3.28. The molecule has 2 aromatic carbocycles. The van der Waals surface area contributed by atoms with Gasteiger partial charge >= 0.3 is 0 Å². The summed E-state index contributed by atoms with van der Waals surface area (Å²) < 4.78 is 11.4. The second-order valence-electron chi connectivity index (χ2n) is 7.00. The topological polar surface area (TPSA) is 18.5 Å². The maximum absolute atomic E-state index is 6.14. The number of thioether (sulfide) groups is 3. The van der Waals surface area contributed by atoms with E-state index in [-0.39, 0.29) is 10.2 Å². The van der Waals surface area contributed by atoms with Gasteiger partial charge in [0.1, 0.15) is 21.7 Å². The zero-order valence-corrected chi connectivity index (χ0v) is 20.5. The lowest BCUT2D eigenvalue weighted by molar-refractivity contribution is 0.247. The highest BCUT2D eigenvalue weighted by Gasteiger charge is 2.37. The molecule has 1 fully saturated rings. The summed E-state index contributed by atoms with van der Waals surface area (Å²) in [5.74, 6) is 7.32. The molecule has 2 aromatic rings. The minimum absolute atomic E-state index is 0.0582. The highest BCUT2D eigenvalue weighted by molar-refractivity contribution is 8.18. The summed E-state index contributed by atoms with van der Waals surface area (Å²) in [5.41, 5.74) is 2.66. The molecule has 1 heterocycles. The van der Waals surface area contributed by atoms with Gasteiger partial charge in [-0.3, -0.25) is 0 Å². The first kappa shape index (κ1) is 23.1. The molecule has 0 aromatic heterocycles. The van der Waals surface area contributed by atoms with Crippen molar-refractivity contribution in [3.63, 3.8) is 0 Å². The molecule has 6 heteroatoms. The second kappa shape index (κ2) is 11.7. The van der Waals surface area contributed by atoms with Crippen molar-refractivity contribution >= 4 is 47.9 Å². The van der Waals surface area contributed by atoms with Gasteiger partial charge in [-0.2, -0.15) is 24.4 Å². The summed E-state index contributed by atoms with van der Waals surface area (Å²) in [4.78, 5) is 0. The standard InChI is InChI=1S/C23H30O2S4/c1-18(17-27-14-3-13-26)25-22-11-7-20(8-12-22)23(28-15-4-16-29-23)19-5-9-21(24-2)10-6-19/h5-12,18,26H,3-4,13-17H2,1-2H3. The zero-order chi connectivity index (χ0) is 20.5. The molecule has 0 radical (unpaired) electrons. The summed E-state index contributed by atoms with van der Waals surface area (Å²) >= 11 is 10.3. The Labute approximate surface area is 193 Å². The van der Waals surface area contributed by atoms with Crippen LogP contribution in [0.5, 0.6) is 11.5 Å². The van der Waals surface area contributed by atoms with Gasteiger partial charge in [-0.05, 0) is 78.2 Å². The summed E-state index contributed by atoms with van der Waals surface area (Å²) in [6.07, 6.45) is 2.62. The van der Waals surface area contributed by atoms with Crippen molar-refractivity contribution in [1.82, 2.24) is 0 Å².